The normalized spacial score (nSPS) is 26.3. The molecule has 8 nitrogen and oxygen atoms in total. The zero-order chi connectivity index (χ0) is 14.3. The lowest BCUT2D eigenvalue weighted by Crippen LogP contribution is -2.31. The van der Waals surface area contributed by atoms with Crippen LogP contribution in [0.1, 0.15) is 11.7 Å². The van der Waals surface area contributed by atoms with Gasteiger partial charge in [0, 0.05) is 0 Å². The molecule has 0 spiro atoms. The minimum Gasteiger partial charge on any atom is -0.480 e. The molecule has 0 aromatic carbocycles. The van der Waals surface area contributed by atoms with Crippen LogP contribution in [-0.2, 0) is 4.74 Å². The van der Waals surface area contributed by atoms with Gasteiger partial charge in [0.2, 0.25) is 5.88 Å². The number of ether oxygens (including phenoxy) is 2. The summed E-state index contributed by atoms with van der Waals surface area (Å²) in [6, 6.07) is -0.386. The van der Waals surface area contributed by atoms with Gasteiger partial charge in [-0.3, -0.25) is 0 Å². The molecule has 2 aromatic heterocycles. The molecular formula is C12H16N4O4. The van der Waals surface area contributed by atoms with E-state index in [0.29, 0.717) is 11.5 Å². The molecule has 1 aliphatic heterocycles. The van der Waals surface area contributed by atoms with Crippen molar-refractivity contribution in [1.82, 2.24) is 19.7 Å². The highest BCUT2D eigenvalue weighted by atomic mass is 16.5. The molecule has 0 saturated carbocycles. The molecule has 0 amide bonds. The second kappa shape index (κ2) is 4.97. The maximum Gasteiger partial charge on any atom is 0.227 e. The fourth-order valence-corrected chi connectivity index (χ4v) is 2.54. The van der Waals surface area contributed by atoms with E-state index >= 15 is 0 Å². The summed E-state index contributed by atoms with van der Waals surface area (Å²) in [6.07, 6.45) is -0.0310. The molecular weight excluding hydrogens is 264 g/mol. The van der Waals surface area contributed by atoms with Crippen LogP contribution in [0.2, 0.25) is 0 Å². The third-order valence-corrected chi connectivity index (χ3v) is 3.57. The van der Waals surface area contributed by atoms with Crippen LogP contribution in [0.4, 0.5) is 0 Å². The van der Waals surface area contributed by atoms with Crippen LogP contribution in [0.3, 0.4) is 0 Å². The minimum absolute atomic E-state index is 0.228. The van der Waals surface area contributed by atoms with Gasteiger partial charge >= 0.3 is 0 Å². The standard InChI is InChI=1S/C12H16N4O4/c1-6-9-11(13-5-14-12(9)19-2)16(15-6)7-4-20-8(3-17)10(7)18/h5,7-8,10,17-18H,3-4H2,1-2H3/t7?,8-,10?/m1/s1. The van der Waals surface area contributed by atoms with Gasteiger partial charge in [-0.2, -0.15) is 5.10 Å². The van der Waals surface area contributed by atoms with Crippen molar-refractivity contribution in [2.75, 3.05) is 20.3 Å². The highest BCUT2D eigenvalue weighted by molar-refractivity contribution is 5.83. The van der Waals surface area contributed by atoms with Gasteiger partial charge in [-0.25, -0.2) is 14.6 Å². The van der Waals surface area contributed by atoms with Crippen molar-refractivity contribution in [3.63, 3.8) is 0 Å². The molecule has 8 heteroatoms. The Labute approximate surface area is 115 Å². The van der Waals surface area contributed by atoms with Gasteiger partial charge in [-0.1, -0.05) is 0 Å². The van der Waals surface area contributed by atoms with Crippen LogP contribution < -0.4 is 4.74 Å². The first kappa shape index (κ1) is 13.2. The molecule has 2 unspecified atom stereocenters. The lowest BCUT2D eigenvalue weighted by atomic mass is 10.1. The molecule has 1 saturated heterocycles. The van der Waals surface area contributed by atoms with Crippen molar-refractivity contribution < 1.29 is 19.7 Å². The Morgan fingerprint density at radius 2 is 2.30 bits per heavy atom. The molecule has 0 bridgehead atoms. The lowest BCUT2D eigenvalue weighted by Gasteiger charge is -2.16. The van der Waals surface area contributed by atoms with E-state index in [2.05, 4.69) is 15.1 Å². The van der Waals surface area contributed by atoms with E-state index < -0.39 is 12.2 Å². The first-order valence-corrected chi connectivity index (χ1v) is 6.31. The van der Waals surface area contributed by atoms with Crippen LogP contribution in [-0.4, -0.2) is 62.5 Å². The zero-order valence-electron chi connectivity index (χ0n) is 11.2. The number of hydrogen-bond donors (Lipinski definition) is 2. The zero-order valence-corrected chi connectivity index (χ0v) is 11.2. The van der Waals surface area contributed by atoms with Crippen LogP contribution in [0.25, 0.3) is 11.0 Å². The number of hydrogen-bond acceptors (Lipinski definition) is 7. The molecule has 3 rings (SSSR count). The number of aromatic nitrogens is 4. The van der Waals surface area contributed by atoms with Gasteiger partial charge in [-0.15, -0.1) is 0 Å². The molecule has 0 aliphatic carbocycles. The van der Waals surface area contributed by atoms with E-state index in [0.717, 1.165) is 11.1 Å². The van der Waals surface area contributed by atoms with Crippen LogP contribution in [0, 0.1) is 6.92 Å². The lowest BCUT2D eigenvalue weighted by molar-refractivity contribution is 0.00181. The molecule has 3 atom stereocenters. The predicted molar refractivity (Wildman–Crippen MR) is 68.5 cm³/mol. The first-order chi connectivity index (χ1) is 9.67. The van der Waals surface area contributed by atoms with Gasteiger partial charge < -0.3 is 19.7 Å². The van der Waals surface area contributed by atoms with Gasteiger partial charge in [0.05, 0.1) is 26.0 Å². The number of nitrogens with zero attached hydrogens (tertiary/aromatic N) is 4. The predicted octanol–water partition coefficient (Wildman–Crippen LogP) is -0.564. The van der Waals surface area contributed by atoms with Crippen molar-refractivity contribution in [3.8, 4) is 5.88 Å². The first-order valence-electron chi connectivity index (χ1n) is 6.31. The second-order valence-corrected chi connectivity index (χ2v) is 4.72. The largest absolute Gasteiger partial charge is 0.480 e. The van der Waals surface area contributed by atoms with Crippen molar-refractivity contribution in [2.24, 2.45) is 0 Å². The quantitative estimate of drug-likeness (QED) is 0.776. The van der Waals surface area contributed by atoms with E-state index in [4.69, 9.17) is 14.6 Å². The molecule has 0 radical (unpaired) electrons. The second-order valence-electron chi connectivity index (χ2n) is 4.72. The molecule has 20 heavy (non-hydrogen) atoms. The van der Waals surface area contributed by atoms with Gasteiger partial charge in [0.1, 0.15) is 30.0 Å². The summed E-state index contributed by atoms with van der Waals surface area (Å²) < 4.78 is 12.2. The van der Waals surface area contributed by atoms with Crippen molar-refractivity contribution >= 4 is 11.0 Å². The summed E-state index contributed by atoms with van der Waals surface area (Å²) in [5.41, 5.74) is 1.30. The van der Waals surface area contributed by atoms with E-state index in [1.165, 1.54) is 13.4 Å². The van der Waals surface area contributed by atoms with E-state index in [9.17, 15) is 5.11 Å². The number of methoxy groups -OCH3 is 1. The number of aliphatic hydroxyl groups is 2. The minimum atomic E-state index is -0.830. The summed E-state index contributed by atoms with van der Waals surface area (Å²) in [5.74, 6) is 0.450. The van der Waals surface area contributed by atoms with Crippen LogP contribution >= 0.6 is 0 Å². The average Bonchev–Trinajstić information content (AvgIpc) is 2.99. The fourth-order valence-electron chi connectivity index (χ4n) is 2.54. The van der Waals surface area contributed by atoms with Gasteiger partial charge in [0.25, 0.3) is 0 Å². The maximum absolute atomic E-state index is 10.2. The monoisotopic (exact) mass is 280 g/mol. The smallest absolute Gasteiger partial charge is 0.227 e. The highest BCUT2D eigenvalue weighted by Gasteiger charge is 2.38. The molecule has 2 N–H and O–H groups in total. The number of fused-ring (bicyclic) bond motifs is 1. The third kappa shape index (κ3) is 1.84. The van der Waals surface area contributed by atoms with E-state index in [1.807, 2.05) is 6.92 Å². The van der Waals surface area contributed by atoms with E-state index in [-0.39, 0.29) is 19.3 Å². The summed E-state index contributed by atoms with van der Waals surface area (Å²) in [7, 11) is 1.54. The summed E-state index contributed by atoms with van der Waals surface area (Å²) in [6.45, 7) is 1.87. The van der Waals surface area contributed by atoms with Crippen molar-refractivity contribution in [2.45, 2.75) is 25.2 Å². The number of rotatable bonds is 3. The third-order valence-electron chi connectivity index (χ3n) is 3.57. The maximum atomic E-state index is 10.2. The topological polar surface area (TPSA) is 103 Å². The molecule has 2 aromatic rings. The van der Waals surface area contributed by atoms with Crippen LogP contribution in [0.15, 0.2) is 6.33 Å². The Hall–Kier alpha value is -1.77. The highest BCUT2D eigenvalue weighted by Crippen LogP contribution is 2.31. The van der Waals surface area contributed by atoms with Crippen molar-refractivity contribution in [3.05, 3.63) is 12.0 Å². The Kier molecular flexibility index (Phi) is 3.28. The molecule has 1 aliphatic rings. The number of aliphatic hydroxyl groups excluding tert-OH is 2. The molecule has 108 valence electrons. The Balaban J connectivity index is 2.09. The van der Waals surface area contributed by atoms with Gasteiger partial charge in [0.15, 0.2) is 5.65 Å². The van der Waals surface area contributed by atoms with Crippen LogP contribution in [0.5, 0.6) is 5.88 Å². The van der Waals surface area contributed by atoms with Crippen molar-refractivity contribution in [1.29, 1.82) is 0 Å². The molecule has 3 heterocycles. The molecule has 1 fully saturated rings. The summed E-state index contributed by atoms with van der Waals surface area (Å²) in [4.78, 5) is 8.28. The summed E-state index contributed by atoms with van der Waals surface area (Å²) in [5, 5.41) is 24.4. The number of aryl methyl sites for hydroxylation is 1. The SMILES string of the molecule is COc1ncnc2c1c(C)nn2C1CO[C@H](CO)C1O. The Morgan fingerprint density at radius 3 is 2.95 bits per heavy atom. The van der Waals surface area contributed by atoms with E-state index in [1.54, 1.807) is 4.68 Å². The van der Waals surface area contributed by atoms with Gasteiger partial charge in [-0.05, 0) is 6.92 Å². The fraction of sp³-hybridized carbons (Fsp3) is 0.583. The Bertz CT molecular complexity index is 629. The summed E-state index contributed by atoms with van der Waals surface area (Å²) >= 11 is 0. The average molecular weight is 280 g/mol. The Morgan fingerprint density at radius 1 is 1.50 bits per heavy atom.